The molecule has 0 saturated carbocycles. The third kappa shape index (κ3) is 4.18. The Hall–Kier alpha value is -6.58. The first-order valence-corrected chi connectivity index (χ1v) is 20.9. The third-order valence-electron chi connectivity index (χ3n) is 12.2. The van der Waals surface area contributed by atoms with E-state index in [1.54, 1.807) is 0 Å². The zero-order valence-electron chi connectivity index (χ0n) is 30.1. The first kappa shape index (κ1) is 30.7. The van der Waals surface area contributed by atoms with Gasteiger partial charge in [-0.2, -0.15) is 0 Å². The molecule has 0 unspecified atom stereocenters. The number of fused-ring (bicyclic) bond motifs is 16. The minimum atomic E-state index is 1.26. The highest BCUT2D eigenvalue weighted by Gasteiger charge is 2.20. The van der Waals surface area contributed by atoms with Crippen LogP contribution in [0.3, 0.4) is 0 Å². The SMILES string of the molecule is c1ccc2c(c1)ccc1c3cc4c(cc3c3ccccc3c21)sc1cc(-c2c3ccccc3c(-c3cccc5c3sc3ccccc35)c3ccccc23)ccc14. The summed E-state index contributed by atoms with van der Waals surface area (Å²) in [6.07, 6.45) is 0. The number of hydrogen-bond acceptors (Lipinski definition) is 2. The van der Waals surface area contributed by atoms with Gasteiger partial charge in [0.1, 0.15) is 0 Å². The molecule has 0 nitrogen and oxygen atoms in total. The second-order valence-electron chi connectivity index (χ2n) is 15.1. The lowest BCUT2D eigenvalue weighted by Gasteiger charge is -2.18. The third-order valence-corrected chi connectivity index (χ3v) is 14.5. The summed E-state index contributed by atoms with van der Waals surface area (Å²) in [5, 5.41) is 21.0. The fourth-order valence-electron chi connectivity index (χ4n) is 9.82. The second-order valence-corrected chi connectivity index (χ2v) is 17.2. The van der Waals surface area contributed by atoms with Crippen LogP contribution < -0.4 is 0 Å². The van der Waals surface area contributed by atoms with Crippen LogP contribution >= 0.6 is 22.7 Å². The minimum absolute atomic E-state index is 1.26. The van der Waals surface area contributed by atoms with E-state index in [1.165, 1.54) is 127 Å². The van der Waals surface area contributed by atoms with Crippen LogP contribution in [0.1, 0.15) is 0 Å². The molecule has 258 valence electrons. The maximum Gasteiger partial charge on any atom is 0.0434 e. The maximum absolute atomic E-state index is 2.47. The summed E-state index contributed by atoms with van der Waals surface area (Å²) in [6.45, 7) is 0. The number of thiophene rings is 2. The highest BCUT2D eigenvalue weighted by molar-refractivity contribution is 7.26. The van der Waals surface area contributed by atoms with Gasteiger partial charge in [0.05, 0.1) is 0 Å². The molecule has 56 heavy (non-hydrogen) atoms. The Morgan fingerprint density at radius 2 is 0.821 bits per heavy atom. The van der Waals surface area contributed by atoms with Crippen LogP contribution in [0.4, 0.5) is 0 Å². The van der Waals surface area contributed by atoms with Gasteiger partial charge in [0, 0.05) is 45.9 Å². The Morgan fingerprint density at radius 3 is 1.61 bits per heavy atom. The van der Waals surface area contributed by atoms with E-state index in [2.05, 4.69) is 182 Å². The largest absolute Gasteiger partial charge is 0.135 e. The molecule has 0 aliphatic heterocycles. The summed E-state index contributed by atoms with van der Waals surface area (Å²) in [4.78, 5) is 0. The van der Waals surface area contributed by atoms with Crippen molar-refractivity contribution in [2.45, 2.75) is 0 Å². The molecular formula is C54H30S2. The van der Waals surface area contributed by atoms with Gasteiger partial charge in [0.2, 0.25) is 0 Å². The average Bonchev–Trinajstić information content (AvgIpc) is 3.82. The lowest BCUT2D eigenvalue weighted by Crippen LogP contribution is -1.90. The minimum Gasteiger partial charge on any atom is -0.135 e. The molecule has 0 aliphatic carbocycles. The van der Waals surface area contributed by atoms with Crippen LogP contribution in [-0.4, -0.2) is 0 Å². The van der Waals surface area contributed by atoms with Crippen molar-refractivity contribution in [1.82, 2.24) is 0 Å². The molecule has 2 heteroatoms. The maximum atomic E-state index is 2.47. The summed E-state index contributed by atoms with van der Waals surface area (Å²) in [5.41, 5.74) is 5.19. The van der Waals surface area contributed by atoms with E-state index in [0.717, 1.165) is 0 Å². The van der Waals surface area contributed by atoms with Crippen molar-refractivity contribution in [3.05, 3.63) is 182 Å². The fourth-order valence-corrected chi connectivity index (χ4v) is 12.2. The summed E-state index contributed by atoms with van der Waals surface area (Å²) in [5.74, 6) is 0. The first-order valence-electron chi connectivity index (χ1n) is 19.3. The fraction of sp³-hybridized carbons (Fsp3) is 0. The summed E-state index contributed by atoms with van der Waals surface area (Å²) in [6, 6.07) is 68.3. The monoisotopic (exact) mass is 742 g/mol. The highest BCUT2D eigenvalue weighted by atomic mass is 32.1. The van der Waals surface area contributed by atoms with Crippen molar-refractivity contribution in [3.8, 4) is 22.3 Å². The smallest absolute Gasteiger partial charge is 0.0434 e. The Morgan fingerprint density at radius 1 is 0.268 bits per heavy atom. The van der Waals surface area contributed by atoms with Gasteiger partial charge in [-0.05, 0) is 106 Å². The number of hydrogen-bond donors (Lipinski definition) is 0. The van der Waals surface area contributed by atoms with Gasteiger partial charge >= 0.3 is 0 Å². The van der Waals surface area contributed by atoms with Gasteiger partial charge in [-0.3, -0.25) is 0 Å². The molecule has 0 saturated heterocycles. The lowest BCUT2D eigenvalue weighted by molar-refractivity contribution is 1.71. The van der Waals surface area contributed by atoms with E-state index < -0.39 is 0 Å². The number of benzene rings is 11. The molecule has 13 rings (SSSR count). The van der Waals surface area contributed by atoms with Crippen molar-refractivity contribution < 1.29 is 0 Å². The summed E-state index contributed by atoms with van der Waals surface area (Å²) in [7, 11) is 0. The number of rotatable bonds is 2. The van der Waals surface area contributed by atoms with Crippen LogP contribution in [0, 0.1) is 0 Å². The van der Waals surface area contributed by atoms with Crippen molar-refractivity contribution >= 4 is 128 Å². The van der Waals surface area contributed by atoms with E-state index in [-0.39, 0.29) is 0 Å². The molecule has 2 heterocycles. The van der Waals surface area contributed by atoms with Gasteiger partial charge in [-0.25, -0.2) is 0 Å². The molecule has 2 aromatic heterocycles. The molecule has 0 atom stereocenters. The van der Waals surface area contributed by atoms with Gasteiger partial charge in [-0.1, -0.05) is 158 Å². The van der Waals surface area contributed by atoms with Crippen molar-refractivity contribution in [1.29, 1.82) is 0 Å². The van der Waals surface area contributed by atoms with Crippen LogP contribution in [0.25, 0.3) is 127 Å². The molecule has 0 aliphatic rings. The van der Waals surface area contributed by atoms with Crippen molar-refractivity contribution in [2.75, 3.05) is 0 Å². The Bertz CT molecular complexity index is 3770. The zero-order valence-corrected chi connectivity index (χ0v) is 31.8. The van der Waals surface area contributed by atoms with Gasteiger partial charge in [0.25, 0.3) is 0 Å². The van der Waals surface area contributed by atoms with E-state index >= 15 is 0 Å². The van der Waals surface area contributed by atoms with E-state index in [1.807, 2.05) is 22.7 Å². The van der Waals surface area contributed by atoms with Crippen LogP contribution in [-0.2, 0) is 0 Å². The van der Waals surface area contributed by atoms with E-state index in [4.69, 9.17) is 0 Å². The average molecular weight is 743 g/mol. The molecule has 13 aromatic rings. The van der Waals surface area contributed by atoms with Crippen molar-refractivity contribution in [2.24, 2.45) is 0 Å². The van der Waals surface area contributed by atoms with Crippen LogP contribution in [0.5, 0.6) is 0 Å². The topological polar surface area (TPSA) is 0 Å². The standard InChI is InChI=1S/C54H30S2/c1-2-13-33-31(12-1)24-27-42-45-29-47-36-26-25-32(28-49(36)55-50(47)30-46(45)34-14-3-4-16-37(34)52(33)42)51-38-17-5-7-19-40(38)53(41-20-8-6-18-39(41)51)44-22-11-21-43-35-15-9-10-23-48(35)56-54(43)44/h1-30H. The van der Waals surface area contributed by atoms with Crippen LogP contribution in [0.2, 0.25) is 0 Å². The Labute approximate surface area is 330 Å². The van der Waals surface area contributed by atoms with Crippen molar-refractivity contribution in [3.63, 3.8) is 0 Å². The first-order chi connectivity index (χ1) is 27.8. The molecule has 0 bridgehead atoms. The second kappa shape index (κ2) is 11.5. The van der Waals surface area contributed by atoms with Crippen LogP contribution in [0.15, 0.2) is 182 Å². The zero-order chi connectivity index (χ0) is 36.5. The molecule has 0 radical (unpaired) electrons. The summed E-state index contributed by atoms with van der Waals surface area (Å²) < 4.78 is 5.33. The molecule has 11 aromatic carbocycles. The molecule has 0 N–H and O–H groups in total. The van der Waals surface area contributed by atoms with E-state index in [0.29, 0.717) is 0 Å². The Balaban J connectivity index is 1.07. The van der Waals surface area contributed by atoms with E-state index in [9.17, 15) is 0 Å². The Kier molecular flexibility index (Phi) is 6.29. The van der Waals surface area contributed by atoms with Gasteiger partial charge in [-0.15, -0.1) is 22.7 Å². The molecular weight excluding hydrogens is 713 g/mol. The lowest BCUT2D eigenvalue weighted by atomic mass is 9.85. The predicted octanol–water partition coefficient (Wildman–Crippen LogP) is 16.7. The van der Waals surface area contributed by atoms with Gasteiger partial charge in [0.15, 0.2) is 0 Å². The van der Waals surface area contributed by atoms with Gasteiger partial charge < -0.3 is 0 Å². The quantitative estimate of drug-likeness (QED) is 0.122. The molecule has 0 amide bonds. The normalized spacial score (nSPS) is 12.3. The highest BCUT2D eigenvalue weighted by Crippen LogP contribution is 2.49. The predicted molar refractivity (Wildman–Crippen MR) is 248 cm³/mol. The summed E-state index contributed by atoms with van der Waals surface area (Å²) >= 11 is 3.82. The molecule has 0 spiro atoms. The molecule has 0 fully saturated rings.